The highest BCUT2D eigenvalue weighted by Crippen LogP contribution is 2.41. The second-order valence-corrected chi connectivity index (χ2v) is 3.72. The van der Waals surface area contributed by atoms with Crippen LogP contribution >= 0.6 is 0 Å². The summed E-state index contributed by atoms with van der Waals surface area (Å²) in [7, 11) is 0. The van der Waals surface area contributed by atoms with E-state index >= 15 is 0 Å². The van der Waals surface area contributed by atoms with Gasteiger partial charge in [-0.3, -0.25) is 0 Å². The second kappa shape index (κ2) is 3.85. The summed E-state index contributed by atoms with van der Waals surface area (Å²) in [4.78, 5) is 10.6. The minimum Gasteiger partial charge on any atom is -0.478 e. The number of hydrogen-bond acceptors (Lipinski definition) is 1. The van der Waals surface area contributed by atoms with E-state index in [0.29, 0.717) is 5.92 Å². The zero-order chi connectivity index (χ0) is 10.8. The van der Waals surface area contributed by atoms with Crippen molar-refractivity contribution in [3.05, 3.63) is 41.7 Å². The highest BCUT2D eigenvalue weighted by atomic mass is 19.1. The van der Waals surface area contributed by atoms with Crippen molar-refractivity contribution in [2.45, 2.75) is 12.8 Å². The normalized spacial score (nSPS) is 16.5. The summed E-state index contributed by atoms with van der Waals surface area (Å²) in [6, 6.07) is 5.96. The van der Waals surface area contributed by atoms with Crippen molar-refractivity contribution in [3.63, 3.8) is 0 Å². The molecule has 1 aromatic rings. The summed E-state index contributed by atoms with van der Waals surface area (Å²) < 4.78 is 12.7. The molecule has 1 aliphatic carbocycles. The maximum atomic E-state index is 12.7. The summed E-state index contributed by atoms with van der Waals surface area (Å²) in [5.74, 6) is -0.906. The molecule has 0 spiro atoms. The lowest BCUT2D eigenvalue weighted by atomic mass is 10.0. The summed E-state index contributed by atoms with van der Waals surface area (Å²) in [6.45, 7) is 0. The third-order valence-electron chi connectivity index (χ3n) is 2.47. The molecule has 0 bridgehead atoms. The van der Waals surface area contributed by atoms with Crippen LogP contribution in [0.4, 0.5) is 4.39 Å². The molecule has 0 heterocycles. The van der Waals surface area contributed by atoms with Crippen molar-refractivity contribution in [2.24, 2.45) is 5.92 Å². The Morgan fingerprint density at radius 1 is 1.33 bits per heavy atom. The fourth-order valence-electron chi connectivity index (χ4n) is 1.61. The van der Waals surface area contributed by atoms with E-state index in [1.165, 1.54) is 18.2 Å². The molecule has 0 saturated heterocycles. The zero-order valence-electron chi connectivity index (χ0n) is 8.11. The minimum absolute atomic E-state index is 0.302. The van der Waals surface area contributed by atoms with Crippen molar-refractivity contribution < 1.29 is 14.3 Å². The Bertz CT molecular complexity index is 402. The molecule has 0 aromatic heterocycles. The van der Waals surface area contributed by atoms with E-state index in [9.17, 15) is 9.18 Å². The van der Waals surface area contributed by atoms with Gasteiger partial charge in [-0.15, -0.1) is 0 Å². The van der Waals surface area contributed by atoms with Gasteiger partial charge in [-0.05, 0) is 42.0 Å². The SMILES string of the molecule is O=C(O)/C=C(/c1ccc(F)cc1)C1CC1. The number of allylic oxidation sites excluding steroid dienone is 1. The highest BCUT2D eigenvalue weighted by molar-refractivity contribution is 5.91. The zero-order valence-corrected chi connectivity index (χ0v) is 8.11. The molecule has 2 nitrogen and oxygen atoms in total. The fourth-order valence-corrected chi connectivity index (χ4v) is 1.61. The van der Waals surface area contributed by atoms with Crippen molar-refractivity contribution in [2.75, 3.05) is 0 Å². The smallest absolute Gasteiger partial charge is 0.328 e. The van der Waals surface area contributed by atoms with Crippen LogP contribution in [-0.2, 0) is 4.79 Å². The lowest BCUT2D eigenvalue weighted by Crippen LogP contribution is -1.94. The van der Waals surface area contributed by atoms with Crippen LogP contribution in [0.5, 0.6) is 0 Å². The maximum absolute atomic E-state index is 12.7. The highest BCUT2D eigenvalue weighted by Gasteiger charge is 2.27. The van der Waals surface area contributed by atoms with E-state index in [1.54, 1.807) is 12.1 Å². The number of carboxylic acid groups (broad SMARTS) is 1. The molecule has 2 rings (SSSR count). The lowest BCUT2D eigenvalue weighted by molar-refractivity contribution is -0.131. The van der Waals surface area contributed by atoms with Gasteiger partial charge in [0.25, 0.3) is 0 Å². The van der Waals surface area contributed by atoms with Crippen LogP contribution in [0.2, 0.25) is 0 Å². The molecule has 0 radical (unpaired) electrons. The number of carboxylic acids is 1. The first-order valence-electron chi connectivity index (χ1n) is 4.87. The monoisotopic (exact) mass is 206 g/mol. The van der Waals surface area contributed by atoms with E-state index in [4.69, 9.17) is 5.11 Å². The third kappa shape index (κ3) is 2.43. The number of halogens is 1. The summed E-state index contributed by atoms with van der Waals surface area (Å²) in [5, 5.41) is 8.73. The van der Waals surface area contributed by atoms with E-state index in [0.717, 1.165) is 24.0 Å². The Kier molecular flexibility index (Phi) is 2.54. The van der Waals surface area contributed by atoms with Gasteiger partial charge in [0.15, 0.2) is 0 Å². The third-order valence-corrected chi connectivity index (χ3v) is 2.47. The Morgan fingerprint density at radius 2 is 1.93 bits per heavy atom. The Hall–Kier alpha value is -1.64. The topological polar surface area (TPSA) is 37.3 Å². The first-order valence-corrected chi connectivity index (χ1v) is 4.87. The van der Waals surface area contributed by atoms with Gasteiger partial charge in [0.1, 0.15) is 5.82 Å². The molecule has 15 heavy (non-hydrogen) atoms. The lowest BCUT2D eigenvalue weighted by Gasteiger charge is -2.04. The first kappa shape index (κ1) is 9.90. The maximum Gasteiger partial charge on any atom is 0.328 e. The molecule has 78 valence electrons. The number of hydrogen-bond donors (Lipinski definition) is 1. The molecule has 1 fully saturated rings. The Labute approximate surface area is 87.0 Å². The van der Waals surface area contributed by atoms with Crippen molar-refractivity contribution in [3.8, 4) is 0 Å². The van der Waals surface area contributed by atoms with Gasteiger partial charge < -0.3 is 5.11 Å². The minimum atomic E-state index is -0.943. The van der Waals surface area contributed by atoms with E-state index in [-0.39, 0.29) is 5.82 Å². The predicted molar refractivity (Wildman–Crippen MR) is 54.7 cm³/mol. The van der Waals surface area contributed by atoms with Gasteiger partial charge in [0.05, 0.1) is 0 Å². The average molecular weight is 206 g/mol. The Balaban J connectivity index is 2.32. The first-order chi connectivity index (χ1) is 7.16. The summed E-state index contributed by atoms with van der Waals surface area (Å²) >= 11 is 0. The van der Waals surface area contributed by atoms with Crippen LogP contribution in [0.1, 0.15) is 18.4 Å². The molecule has 1 aromatic carbocycles. The largest absolute Gasteiger partial charge is 0.478 e. The summed E-state index contributed by atoms with van der Waals surface area (Å²) in [5.41, 5.74) is 1.61. The molecular weight excluding hydrogens is 195 g/mol. The van der Waals surface area contributed by atoms with Gasteiger partial charge >= 0.3 is 5.97 Å². The van der Waals surface area contributed by atoms with Crippen LogP contribution in [-0.4, -0.2) is 11.1 Å². The number of carbonyl (C=O) groups is 1. The number of rotatable bonds is 3. The molecule has 1 aliphatic rings. The number of aliphatic carboxylic acids is 1. The van der Waals surface area contributed by atoms with Crippen LogP contribution < -0.4 is 0 Å². The van der Waals surface area contributed by atoms with Crippen LogP contribution in [0.15, 0.2) is 30.3 Å². The molecule has 0 atom stereocenters. The fraction of sp³-hybridized carbons (Fsp3) is 0.250. The second-order valence-electron chi connectivity index (χ2n) is 3.72. The van der Waals surface area contributed by atoms with E-state index < -0.39 is 5.97 Å². The molecule has 0 aliphatic heterocycles. The van der Waals surface area contributed by atoms with Crippen molar-refractivity contribution in [1.29, 1.82) is 0 Å². The predicted octanol–water partition coefficient (Wildman–Crippen LogP) is 2.70. The molecular formula is C12H11FO2. The van der Waals surface area contributed by atoms with Crippen molar-refractivity contribution >= 4 is 11.5 Å². The van der Waals surface area contributed by atoms with E-state index in [2.05, 4.69) is 0 Å². The van der Waals surface area contributed by atoms with Gasteiger partial charge in [-0.2, -0.15) is 0 Å². The molecule has 1 N–H and O–H groups in total. The van der Waals surface area contributed by atoms with Crippen molar-refractivity contribution in [1.82, 2.24) is 0 Å². The van der Waals surface area contributed by atoms with Crippen LogP contribution in [0.25, 0.3) is 5.57 Å². The average Bonchev–Trinajstić information content (AvgIpc) is 2.99. The molecule has 0 unspecified atom stereocenters. The van der Waals surface area contributed by atoms with Gasteiger partial charge in [-0.25, -0.2) is 9.18 Å². The van der Waals surface area contributed by atoms with E-state index in [1.807, 2.05) is 0 Å². The molecule has 3 heteroatoms. The Morgan fingerprint density at radius 3 is 2.40 bits per heavy atom. The van der Waals surface area contributed by atoms with Gasteiger partial charge in [0, 0.05) is 6.08 Å². The van der Waals surface area contributed by atoms with Crippen LogP contribution in [0.3, 0.4) is 0 Å². The van der Waals surface area contributed by atoms with Gasteiger partial charge in [-0.1, -0.05) is 12.1 Å². The standard InChI is InChI=1S/C12H11FO2/c13-10-5-3-9(4-6-10)11(7-12(14)15)8-1-2-8/h3-8H,1-2H2,(H,14,15)/b11-7+. The van der Waals surface area contributed by atoms with Gasteiger partial charge in [0.2, 0.25) is 0 Å². The molecule has 0 amide bonds. The quantitative estimate of drug-likeness (QED) is 0.772. The molecule has 1 saturated carbocycles. The number of benzene rings is 1. The van der Waals surface area contributed by atoms with Crippen LogP contribution in [0, 0.1) is 11.7 Å². The summed E-state index contributed by atoms with van der Waals surface area (Å²) in [6.07, 6.45) is 3.28.